The van der Waals surface area contributed by atoms with Crippen LogP contribution in [0.25, 0.3) is 0 Å². The van der Waals surface area contributed by atoms with Crippen LogP contribution < -0.4 is 0 Å². The number of piperazine rings is 1. The number of likely N-dealkylation sites (N-methyl/N-ethyl adjacent to an activating group) is 1. The molecule has 0 atom stereocenters. The van der Waals surface area contributed by atoms with E-state index >= 15 is 0 Å². The van der Waals surface area contributed by atoms with Crippen LogP contribution in [-0.2, 0) is 6.42 Å². The third kappa shape index (κ3) is 3.31. The van der Waals surface area contributed by atoms with E-state index < -0.39 is 0 Å². The third-order valence-corrected chi connectivity index (χ3v) is 3.53. The predicted octanol–water partition coefficient (Wildman–Crippen LogP) is 0.995. The highest BCUT2D eigenvalue weighted by Crippen LogP contribution is 2.17. The maximum absolute atomic E-state index is 10.7. The number of aromatic hydroxyl groups is 1. The van der Waals surface area contributed by atoms with Crippen molar-refractivity contribution in [1.82, 2.24) is 9.80 Å². The van der Waals surface area contributed by atoms with Crippen molar-refractivity contribution in [2.24, 2.45) is 0 Å². The number of hydrogen-bond donors (Lipinski definition) is 1. The van der Waals surface area contributed by atoms with Crippen LogP contribution in [0.5, 0.6) is 5.75 Å². The van der Waals surface area contributed by atoms with E-state index in [9.17, 15) is 9.90 Å². The molecule has 1 aromatic carbocycles. The van der Waals surface area contributed by atoms with Crippen molar-refractivity contribution in [1.29, 1.82) is 0 Å². The molecule has 0 radical (unpaired) electrons. The van der Waals surface area contributed by atoms with Crippen molar-refractivity contribution in [2.75, 3.05) is 39.8 Å². The Labute approximate surface area is 108 Å². The van der Waals surface area contributed by atoms with Crippen LogP contribution in [0.1, 0.15) is 15.9 Å². The highest BCUT2D eigenvalue weighted by atomic mass is 16.3. The van der Waals surface area contributed by atoms with E-state index in [4.69, 9.17) is 0 Å². The molecule has 0 spiro atoms. The third-order valence-electron chi connectivity index (χ3n) is 3.53. The second-order valence-electron chi connectivity index (χ2n) is 4.91. The molecule has 4 nitrogen and oxygen atoms in total. The zero-order valence-corrected chi connectivity index (χ0v) is 10.8. The van der Waals surface area contributed by atoms with Gasteiger partial charge in [-0.2, -0.15) is 0 Å². The Bertz CT molecular complexity index is 412. The summed E-state index contributed by atoms with van der Waals surface area (Å²) in [7, 11) is 2.15. The number of aldehydes is 1. The van der Waals surface area contributed by atoms with E-state index in [-0.39, 0.29) is 5.75 Å². The number of rotatable bonds is 4. The van der Waals surface area contributed by atoms with E-state index in [1.165, 1.54) is 0 Å². The Kier molecular flexibility index (Phi) is 4.33. The van der Waals surface area contributed by atoms with Gasteiger partial charge in [-0.3, -0.25) is 4.79 Å². The molecule has 1 aromatic rings. The molecule has 1 heterocycles. The number of hydrogen-bond acceptors (Lipinski definition) is 4. The van der Waals surface area contributed by atoms with Crippen molar-refractivity contribution in [3.8, 4) is 5.75 Å². The molecule has 1 aliphatic rings. The van der Waals surface area contributed by atoms with Crippen LogP contribution in [0, 0.1) is 0 Å². The SMILES string of the molecule is CN1CCN(CCc2ccc(O)c(C=O)c2)CC1. The summed E-state index contributed by atoms with van der Waals surface area (Å²) in [5.41, 5.74) is 1.49. The molecule has 18 heavy (non-hydrogen) atoms. The lowest BCUT2D eigenvalue weighted by atomic mass is 10.1. The summed E-state index contributed by atoms with van der Waals surface area (Å²) >= 11 is 0. The molecule has 2 rings (SSSR count). The Hall–Kier alpha value is -1.39. The largest absolute Gasteiger partial charge is 0.507 e. The summed E-state index contributed by atoms with van der Waals surface area (Å²) in [5.74, 6) is 0.0633. The Balaban J connectivity index is 1.88. The van der Waals surface area contributed by atoms with Crippen LogP contribution in [0.2, 0.25) is 0 Å². The minimum Gasteiger partial charge on any atom is -0.507 e. The van der Waals surface area contributed by atoms with Crippen molar-refractivity contribution >= 4 is 6.29 Å². The molecule has 0 aliphatic carbocycles. The Morgan fingerprint density at radius 1 is 1.28 bits per heavy atom. The lowest BCUT2D eigenvalue weighted by molar-refractivity contribution is 0.112. The molecule has 0 unspecified atom stereocenters. The summed E-state index contributed by atoms with van der Waals surface area (Å²) in [5, 5.41) is 9.43. The molecule has 0 amide bonds. The van der Waals surface area contributed by atoms with Crippen molar-refractivity contribution in [2.45, 2.75) is 6.42 Å². The number of phenols is 1. The topological polar surface area (TPSA) is 43.8 Å². The van der Waals surface area contributed by atoms with Gasteiger partial charge in [-0.15, -0.1) is 0 Å². The van der Waals surface area contributed by atoms with Crippen LogP contribution in [0.15, 0.2) is 18.2 Å². The standard InChI is InChI=1S/C14H20N2O2/c1-15-6-8-16(9-7-15)5-4-12-2-3-14(18)13(10-12)11-17/h2-3,10-11,18H,4-9H2,1H3. The van der Waals surface area contributed by atoms with Gasteiger partial charge >= 0.3 is 0 Å². The van der Waals surface area contributed by atoms with Gasteiger partial charge in [0, 0.05) is 32.7 Å². The zero-order chi connectivity index (χ0) is 13.0. The first-order chi connectivity index (χ1) is 8.69. The fraction of sp³-hybridized carbons (Fsp3) is 0.500. The Morgan fingerprint density at radius 2 is 2.00 bits per heavy atom. The number of benzene rings is 1. The predicted molar refractivity (Wildman–Crippen MR) is 71.1 cm³/mol. The smallest absolute Gasteiger partial charge is 0.153 e. The van der Waals surface area contributed by atoms with Gasteiger partial charge < -0.3 is 14.9 Å². The van der Waals surface area contributed by atoms with E-state index in [0.29, 0.717) is 11.8 Å². The van der Waals surface area contributed by atoms with Crippen molar-refractivity contribution in [3.63, 3.8) is 0 Å². The zero-order valence-electron chi connectivity index (χ0n) is 10.8. The van der Waals surface area contributed by atoms with Crippen LogP contribution >= 0.6 is 0 Å². The maximum Gasteiger partial charge on any atom is 0.153 e. The van der Waals surface area contributed by atoms with Gasteiger partial charge in [-0.05, 0) is 31.2 Å². The second-order valence-corrected chi connectivity index (χ2v) is 4.91. The van der Waals surface area contributed by atoms with E-state index in [1.807, 2.05) is 6.07 Å². The van der Waals surface area contributed by atoms with Gasteiger partial charge in [0.05, 0.1) is 5.56 Å². The Morgan fingerprint density at radius 3 is 2.67 bits per heavy atom. The summed E-state index contributed by atoms with van der Waals surface area (Å²) in [6.45, 7) is 5.46. The molecule has 1 aliphatic heterocycles. The first-order valence-electron chi connectivity index (χ1n) is 6.37. The van der Waals surface area contributed by atoms with Gasteiger partial charge in [0.15, 0.2) is 6.29 Å². The molecular weight excluding hydrogens is 228 g/mol. The van der Waals surface area contributed by atoms with Gasteiger partial charge in [0.1, 0.15) is 5.75 Å². The monoisotopic (exact) mass is 248 g/mol. The average molecular weight is 248 g/mol. The van der Waals surface area contributed by atoms with Gasteiger partial charge in [-0.1, -0.05) is 6.07 Å². The highest BCUT2D eigenvalue weighted by Gasteiger charge is 2.13. The quantitative estimate of drug-likeness (QED) is 0.807. The molecule has 4 heteroatoms. The molecule has 1 fully saturated rings. The number of nitrogens with zero attached hydrogens (tertiary/aromatic N) is 2. The van der Waals surface area contributed by atoms with E-state index in [2.05, 4.69) is 16.8 Å². The fourth-order valence-electron chi connectivity index (χ4n) is 2.21. The lowest BCUT2D eigenvalue weighted by Crippen LogP contribution is -2.45. The van der Waals surface area contributed by atoms with Gasteiger partial charge in [0.25, 0.3) is 0 Å². The van der Waals surface area contributed by atoms with Gasteiger partial charge in [-0.25, -0.2) is 0 Å². The molecule has 0 aromatic heterocycles. The highest BCUT2D eigenvalue weighted by molar-refractivity contribution is 5.79. The van der Waals surface area contributed by atoms with E-state index in [1.54, 1.807) is 12.1 Å². The molecule has 1 saturated heterocycles. The normalized spacial score (nSPS) is 17.8. The summed E-state index contributed by atoms with van der Waals surface area (Å²) < 4.78 is 0. The average Bonchev–Trinajstić information content (AvgIpc) is 2.39. The second kappa shape index (κ2) is 5.98. The van der Waals surface area contributed by atoms with Crippen LogP contribution in [-0.4, -0.2) is 61.0 Å². The van der Waals surface area contributed by atoms with Crippen molar-refractivity contribution in [3.05, 3.63) is 29.3 Å². The number of carbonyl (C=O) groups excluding carboxylic acids is 1. The molecular formula is C14H20N2O2. The summed E-state index contributed by atoms with van der Waals surface area (Å²) in [6.07, 6.45) is 1.62. The molecule has 0 bridgehead atoms. The summed E-state index contributed by atoms with van der Waals surface area (Å²) in [6, 6.07) is 5.26. The van der Waals surface area contributed by atoms with Gasteiger partial charge in [0.2, 0.25) is 0 Å². The van der Waals surface area contributed by atoms with E-state index in [0.717, 1.165) is 44.7 Å². The maximum atomic E-state index is 10.7. The lowest BCUT2D eigenvalue weighted by Gasteiger charge is -2.32. The molecule has 0 saturated carbocycles. The minimum atomic E-state index is 0.0633. The fourth-order valence-corrected chi connectivity index (χ4v) is 2.21. The van der Waals surface area contributed by atoms with Crippen LogP contribution in [0.3, 0.4) is 0 Å². The van der Waals surface area contributed by atoms with Crippen molar-refractivity contribution < 1.29 is 9.90 Å². The minimum absolute atomic E-state index is 0.0633. The number of carbonyl (C=O) groups is 1. The van der Waals surface area contributed by atoms with Crippen LogP contribution in [0.4, 0.5) is 0 Å². The first-order valence-corrected chi connectivity index (χ1v) is 6.37. The molecule has 98 valence electrons. The molecule has 1 N–H and O–H groups in total. The first kappa shape index (κ1) is 13.1. The number of phenolic OH excluding ortho intramolecular Hbond substituents is 1. The summed E-state index contributed by atoms with van der Waals surface area (Å²) in [4.78, 5) is 15.5.